The molecular weight excluding hydrogens is 657 g/mol. The molecule has 240 valence electrons. The summed E-state index contributed by atoms with van der Waals surface area (Å²) in [5.41, 5.74) is 10.5. The molecule has 2 heterocycles. The lowest BCUT2D eigenvalue weighted by molar-refractivity contribution is 1.30. The van der Waals surface area contributed by atoms with Crippen LogP contribution in [0.4, 0.5) is 17.1 Å². The summed E-state index contributed by atoms with van der Waals surface area (Å²) in [5.74, 6) is 0. The molecule has 0 bridgehead atoms. The van der Waals surface area contributed by atoms with Crippen molar-refractivity contribution in [1.29, 1.82) is 0 Å². The summed E-state index contributed by atoms with van der Waals surface area (Å²) in [7, 11) is 0. The third kappa shape index (κ3) is 5.46. The number of hydrogen-bond donors (Lipinski definition) is 0. The first-order valence-electron chi connectivity index (χ1n) is 17.1. The minimum absolute atomic E-state index is 1.06. The summed E-state index contributed by atoms with van der Waals surface area (Å²) in [6.07, 6.45) is 0. The average molecular weight is 687 g/mol. The minimum Gasteiger partial charge on any atom is -0.310 e. The van der Waals surface area contributed by atoms with Crippen LogP contribution in [0.15, 0.2) is 182 Å². The van der Waals surface area contributed by atoms with Gasteiger partial charge in [-0.25, -0.2) is 4.98 Å². The van der Waals surface area contributed by atoms with Gasteiger partial charge in [0.05, 0.1) is 10.2 Å². The second-order valence-corrected chi connectivity index (χ2v) is 15.0. The van der Waals surface area contributed by atoms with Gasteiger partial charge in [-0.15, -0.1) is 22.7 Å². The lowest BCUT2D eigenvalue weighted by atomic mass is 10.0. The highest BCUT2D eigenvalue weighted by Crippen LogP contribution is 2.44. The second-order valence-electron chi connectivity index (χ2n) is 12.8. The Kier molecular flexibility index (Phi) is 7.23. The Morgan fingerprint density at radius 3 is 1.65 bits per heavy atom. The van der Waals surface area contributed by atoms with Crippen molar-refractivity contribution in [3.05, 3.63) is 182 Å². The third-order valence-electron chi connectivity index (χ3n) is 9.66. The zero-order valence-corrected chi connectivity index (χ0v) is 29.2. The van der Waals surface area contributed by atoms with E-state index >= 15 is 0 Å². The van der Waals surface area contributed by atoms with Crippen LogP contribution in [-0.4, -0.2) is 4.98 Å². The van der Waals surface area contributed by atoms with Gasteiger partial charge in [0.1, 0.15) is 5.01 Å². The molecule has 10 aromatic rings. The van der Waals surface area contributed by atoms with Crippen molar-refractivity contribution < 1.29 is 0 Å². The molecule has 0 aliphatic heterocycles. The maximum atomic E-state index is 5.02. The fraction of sp³-hybridized carbons (Fsp3) is 0. The largest absolute Gasteiger partial charge is 0.310 e. The van der Waals surface area contributed by atoms with Crippen molar-refractivity contribution >= 4 is 80.9 Å². The summed E-state index contributed by atoms with van der Waals surface area (Å²) < 4.78 is 3.75. The summed E-state index contributed by atoms with van der Waals surface area (Å²) in [5, 5.41) is 6.04. The molecule has 51 heavy (non-hydrogen) atoms. The maximum Gasteiger partial charge on any atom is 0.124 e. The molecule has 0 saturated carbocycles. The molecule has 4 heteroatoms. The Labute approximate surface area is 304 Å². The summed E-state index contributed by atoms with van der Waals surface area (Å²) >= 11 is 3.61. The molecule has 0 amide bonds. The van der Waals surface area contributed by atoms with E-state index in [0.29, 0.717) is 0 Å². The van der Waals surface area contributed by atoms with E-state index in [9.17, 15) is 0 Å². The van der Waals surface area contributed by atoms with E-state index < -0.39 is 0 Å². The van der Waals surface area contributed by atoms with Crippen LogP contribution in [0.25, 0.3) is 74.0 Å². The average Bonchev–Trinajstić information content (AvgIpc) is 3.78. The van der Waals surface area contributed by atoms with E-state index in [0.717, 1.165) is 33.1 Å². The van der Waals surface area contributed by atoms with Gasteiger partial charge in [0.25, 0.3) is 0 Å². The van der Waals surface area contributed by atoms with Crippen LogP contribution in [0.3, 0.4) is 0 Å². The van der Waals surface area contributed by atoms with Gasteiger partial charge in [-0.2, -0.15) is 0 Å². The van der Waals surface area contributed by atoms with Gasteiger partial charge in [-0.1, -0.05) is 121 Å². The van der Waals surface area contributed by atoms with Gasteiger partial charge in [0.15, 0.2) is 0 Å². The Morgan fingerprint density at radius 2 is 0.902 bits per heavy atom. The standard InChI is InChI=1S/C47H30N2S2/c1-4-10-31(11-5-1)33-18-21-38(22-19-33)49(39-23-20-36-26-35(16-17-37(36)27-39)32-12-6-2-7-13-32)40-24-25-44-41(28-40)42-29-46-43(30-45(42)50-44)48-47(51-46)34-14-8-3-9-15-34/h1-30H. The van der Waals surface area contributed by atoms with Gasteiger partial charge in [0.2, 0.25) is 0 Å². The van der Waals surface area contributed by atoms with Crippen molar-refractivity contribution in [2.45, 2.75) is 0 Å². The molecule has 2 nitrogen and oxygen atoms in total. The van der Waals surface area contributed by atoms with Crippen LogP contribution in [0.2, 0.25) is 0 Å². The monoisotopic (exact) mass is 686 g/mol. The van der Waals surface area contributed by atoms with E-state index in [2.05, 4.69) is 187 Å². The van der Waals surface area contributed by atoms with E-state index in [1.54, 1.807) is 11.3 Å². The predicted molar refractivity (Wildman–Crippen MR) is 221 cm³/mol. The van der Waals surface area contributed by atoms with Crippen molar-refractivity contribution in [3.8, 4) is 32.8 Å². The molecular formula is C47H30N2S2. The van der Waals surface area contributed by atoms with Gasteiger partial charge in [0, 0.05) is 42.8 Å². The molecule has 0 saturated heterocycles. The highest BCUT2D eigenvalue weighted by atomic mass is 32.1. The van der Waals surface area contributed by atoms with Crippen molar-refractivity contribution in [2.75, 3.05) is 4.90 Å². The molecule has 8 aromatic carbocycles. The molecule has 0 radical (unpaired) electrons. The fourth-order valence-electron chi connectivity index (χ4n) is 7.09. The van der Waals surface area contributed by atoms with Crippen molar-refractivity contribution in [1.82, 2.24) is 4.98 Å². The molecule has 2 aromatic heterocycles. The van der Waals surface area contributed by atoms with Crippen LogP contribution in [0, 0.1) is 0 Å². The number of hydrogen-bond acceptors (Lipinski definition) is 4. The van der Waals surface area contributed by atoms with Crippen molar-refractivity contribution in [3.63, 3.8) is 0 Å². The van der Waals surface area contributed by atoms with Gasteiger partial charge < -0.3 is 4.90 Å². The Balaban J connectivity index is 1.11. The first kappa shape index (κ1) is 29.8. The maximum absolute atomic E-state index is 5.02. The van der Waals surface area contributed by atoms with Crippen LogP contribution >= 0.6 is 22.7 Å². The summed E-state index contributed by atoms with van der Waals surface area (Å²) in [4.78, 5) is 7.41. The first-order chi connectivity index (χ1) is 25.2. The van der Waals surface area contributed by atoms with E-state index in [1.807, 2.05) is 11.3 Å². The molecule has 0 spiro atoms. The molecule has 10 rings (SSSR count). The van der Waals surface area contributed by atoms with Crippen LogP contribution in [0.1, 0.15) is 0 Å². The van der Waals surface area contributed by atoms with E-state index in [4.69, 9.17) is 4.98 Å². The predicted octanol–water partition coefficient (Wildman–Crippen LogP) is 14.3. The Hall–Kier alpha value is -6.07. The zero-order chi connectivity index (χ0) is 33.7. The van der Waals surface area contributed by atoms with Crippen molar-refractivity contribution in [2.24, 2.45) is 0 Å². The van der Waals surface area contributed by atoms with Crippen LogP contribution in [-0.2, 0) is 0 Å². The number of thiophene rings is 1. The smallest absolute Gasteiger partial charge is 0.124 e. The lowest BCUT2D eigenvalue weighted by Gasteiger charge is -2.26. The Morgan fingerprint density at radius 1 is 0.353 bits per heavy atom. The first-order valence-corrected chi connectivity index (χ1v) is 18.7. The third-order valence-corrected chi connectivity index (χ3v) is 11.9. The topological polar surface area (TPSA) is 16.1 Å². The van der Waals surface area contributed by atoms with Crippen LogP contribution < -0.4 is 4.90 Å². The molecule has 0 aliphatic carbocycles. The fourth-order valence-corrected chi connectivity index (χ4v) is 9.19. The van der Waals surface area contributed by atoms with Gasteiger partial charge >= 0.3 is 0 Å². The van der Waals surface area contributed by atoms with E-state index in [1.165, 1.54) is 57.9 Å². The number of rotatable bonds is 6. The highest BCUT2D eigenvalue weighted by Gasteiger charge is 2.17. The molecule has 0 unspecified atom stereocenters. The number of nitrogens with zero attached hydrogens (tertiary/aromatic N) is 2. The number of fused-ring (bicyclic) bond motifs is 5. The number of thiazole rings is 1. The molecule has 0 N–H and O–H groups in total. The van der Waals surface area contributed by atoms with Gasteiger partial charge in [-0.05, 0) is 93.7 Å². The lowest BCUT2D eigenvalue weighted by Crippen LogP contribution is -2.09. The molecule has 0 aliphatic rings. The van der Waals surface area contributed by atoms with Crippen LogP contribution in [0.5, 0.6) is 0 Å². The van der Waals surface area contributed by atoms with Gasteiger partial charge in [-0.3, -0.25) is 0 Å². The normalized spacial score (nSPS) is 11.5. The zero-order valence-electron chi connectivity index (χ0n) is 27.5. The Bertz CT molecular complexity index is 2840. The molecule has 0 atom stereocenters. The summed E-state index contributed by atoms with van der Waals surface area (Å²) in [6.45, 7) is 0. The number of anilines is 3. The quantitative estimate of drug-likeness (QED) is 0.173. The number of benzene rings is 8. The minimum atomic E-state index is 1.06. The van der Waals surface area contributed by atoms with E-state index in [-0.39, 0.29) is 0 Å². The highest BCUT2D eigenvalue weighted by molar-refractivity contribution is 7.26. The second kappa shape index (κ2) is 12.4. The summed E-state index contributed by atoms with van der Waals surface area (Å²) in [6, 6.07) is 65.7. The SMILES string of the molecule is c1ccc(-c2ccc(N(c3ccc4cc(-c5ccccc5)ccc4c3)c3ccc4sc5cc6nc(-c7ccccc7)sc6cc5c4c3)cc2)cc1. The molecule has 0 fully saturated rings. The number of aromatic nitrogens is 1.